The van der Waals surface area contributed by atoms with E-state index < -0.39 is 15.1 Å². The van der Waals surface area contributed by atoms with Crippen LogP contribution < -0.4 is 5.32 Å². The van der Waals surface area contributed by atoms with Gasteiger partial charge in [-0.1, -0.05) is 35.9 Å². The maximum absolute atomic E-state index is 13.2. The van der Waals surface area contributed by atoms with Crippen molar-refractivity contribution >= 4 is 15.7 Å². The van der Waals surface area contributed by atoms with Gasteiger partial charge in [0.1, 0.15) is 11.1 Å². The first-order chi connectivity index (χ1) is 13.9. The van der Waals surface area contributed by atoms with Crippen LogP contribution in [-0.4, -0.2) is 25.9 Å². The number of hydrogen-bond acceptors (Lipinski definition) is 4. The van der Waals surface area contributed by atoms with Crippen molar-refractivity contribution in [3.05, 3.63) is 95.6 Å². The first-order valence-corrected chi connectivity index (χ1v) is 10.6. The monoisotopic (exact) mass is 412 g/mol. The average Bonchev–Trinajstić information content (AvgIpc) is 2.71. The first kappa shape index (κ1) is 20.7. The fourth-order valence-electron chi connectivity index (χ4n) is 2.92. The molecule has 1 heterocycles. The zero-order chi connectivity index (χ0) is 20.9. The number of nitrogens with one attached hydrogen (secondary N) is 1. The van der Waals surface area contributed by atoms with Crippen LogP contribution >= 0.6 is 0 Å². The summed E-state index contributed by atoms with van der Waals surface area (Å²) in [5.74, 6) is -0.723. The third-order valence-corrected chi connectivity index (χ3v) is 6.66. The number of rotatable bonds is 7. The van der Waals surface area contributed by atoms with Crippen molar-refractivity contribution in [2.75, 3.05) is 6.54 Å². The SMILES string of the molecule is Cc1ccc(S(=O)(=O)[C@@H](CNC(=O)Cc2ccc(F)cc2)c2cccnc2)cc1. The van der Waals surface area contributed by atoms with Gasteiger partial charge in [0.05, 0.1) is 11.3 Å². The molecule has 0 fully saturated rings. The Morgan fingerprint density at radius 3 is 2.38 bits per heavy atom. The zero-order valence-electron chi connectivity index (χ0n) is 15.9. The maximum Gasteiger partial charge on any atom is 0.224 e. The number of pyridine rings is 1. The summed E-state index contributed by atoms with van der Waals surface area (Å²) in [4.78, 5) is 16.5. The van der Waals surface area contributed by atoms with Crippen LogP contribution in [0.5, 0.6) is 0 Å². The number of hydrogen-bond donors (Lipinski definition) is 1. The standard InChI is InChI=1S/C22H21FN2O3S/c1-16-4-10-20(11-5-16)29(27,28)21(18-3-2-12-24-14-18)15-25-22(26)13-17-6-8-19(23)9-7-17/h2-12,14,21H,13,15H2,1H3,(H,25,26)/t21-/m0/s1. The topological polar surface area (TPSA) is 76.1 Å². The Bertz CT molecular complexity index is 1070. The van der Waals surface area contributed by atoms with Crippen LogP contribution in [0.4, 0.5) is 4.39 Å². The Morgan fingerprint density at radius 2 is 1.76 bits per heavy atom. The summed E-state index contributed by atoms with van der Waals surface area (Å²) in [5.41, 5.74) is 2.09. The number of aromatic nitrogens is 1. The lowest BCUT2D eigenvalue weighted by Crippen LogP contribution is -2.33. The number of benzene rings is 2. The molecule has 2 aromatic carbocycles. The lowest BCUT2D eigenvalue weighted by molar-refractivity contribution is -0.120. The molecular weight excluding hydrogens is 391 g/mol. The van der Waals surface area contributed by atoms with Crippen LogP contribution in [0, 0.1) is 12.7 Å². The summed E-state index contributed by atoms with van der Waals surface area (Å²) in [6, 6.07) is 15.5. The van der Waals surface area contributed by atoms with Crippen molar-refractivity contribution in [3.8, 4) is 0 Å². The van der Waals surface area contributed by atoms with Gasteiger partial charge < -0.3 is 5.32 Å². The van der Waals surface area contributed by atoms with E-state index in [1.54, 1.807) is 42.6 Å². The van der Waals surface area contributed by atoms with E-state index in [9.17, 15) is 17.6 Å². The molecule has 0 saturated carbocycles. The van der Waals surface area contributed by atoms with Crippen molar-refractivity contribution in [2.24, 2.45) is 0 Å². The summed E-state index contributed by atoms with van der Waals surface area (Å²) in [6.07, 6.45) is 3.08. The summed E-state index contributed by atoms with van der Waals surface area (Å²) in [7, 11) is -3.75. The van der Waals surface area contributed by atoms with Crippen LogP contribution in [0.15, 0.2) is 78.0 Å². The number of carbonyl (C=O) groups is 1. The Kier molecular flexibility index (Phi) is 6.39. The number of aryl methyl sites for hydroxylation is 1. The molecule has 0 saturated heterocycles. The molecule has 1 aromatic heterocycles. The maximum atomic E-state index is 13.2. The zero-order valence-corrected chi connectivity index (χ0v) is 16.7. The third-order valence-electron chi connectivity index (χ3n) is 4.54. The van der Waals surface area contributed by atoms with E-state index in [0.29, 0.717) is 11.1 Å². The molecule has 0 aliphatic rings. The van der Waals surface area contributed by atoms with Gasteiger partial charge in [0.2, 0.25) is 5.91 Å². The van der Waals surface area contributed by atoms with Crippen LogP contribution in [0.25, 0.3) is 0 Å². The summed E-state index contributed by atoms with van der Waals surface area (Å²) < 4.78 is 39.5. The molecule has 3 rings (SSSR count). The van der Waals surface area contributed by atoms with Gasteiger partial charge in [0.15, 0.2) is 9.84 Å². The van der Waals surface area contributed by atoms with E-state index in [4.69, 9.17) is 0 Å². The molecule has 0 aliphatic heterocycles. The normalized spacial score (nSPS) is 12.3. The van der Waals surface area contributed by atoms with Gasteiger partial charge in [-0.05, 0) is 48.4 Å². The average molecular weight is 412 g/mol. The Balaban J connectivity index is 1.80. The van der Waals surface area contributed by atoms with E-state index in [1.807, 2.05) is 6.92 Å². The Labute approximate surface area is 169 Å². The van der Waals surface area contributed by atoms with E-state index in [1.165, 1.54) is 30.5 Å². The molecule has 0 aliphatic carbocycles. The molecule has 1 atom stereocenters. The summed E-state index contributed by atoms with van der Waals surface area (Å²) in [5, 5.41) is 1.72. The van der Waals surface area contributed by atoms with Crippen LogP contribution in [0.3, 0.4) is 0 Å². The van der Waals surface area contributed by atoms with Crippen molar-refractivity contribution in [1.82, 2.24) is 10.3 Å². The highest BCUT2D eigenvalue weighted by Gasteiger charge is 2.29. The predicted octanol–water partition coefficient (Wildman–Crippen LogP) is 3.40. The minimum absolute atomic E-state index is 0.0324. The second-order valence-electron chi connectivity index (χ2n) is 6.74. The Hall–Kier alpha value is -3.06. The third kappa shape index (κ3) is 5.26. The predicted molar refractivity (Wildman–Crippen MR) is 108 cm³/mol. The highest BCUT2D eigenvalue weighted by molar-refractivity contribution is 7.91. The molecule has 0 bridgehead atoms. The van der Waals surface area contributed by atoms with Crippen LogP contribution in [0.2, 0.25) is 0 Å². The lowest BCUT2D eigenvalue weighted by atomic mass is 10.1. The highest BCUT2D eigenvalue weighted by atomic mass is 32.2. The second-order valence-corrected chi connectivity index (χ2v) is 8.87. The molecule has 1 amide bonds. The van der Waals surface area contributed by atoms with Crippen molar-refractivity contribution in [2.45, 2.75) is 23.5 Å². The van der Waals surface area contributed by atoms with Gasteiger partial charge in [-0.25, -0.2) is 12.8 Å². The molecule has 150 valence electrons. The van der Waals surface area contributed by atoms with Gasteiger partial charge in [0.25, 0.3) is 0 Å². The number of amides is 1. The van der Waals surface area contributed by atoms with Gasteiger partial charge in [0, 0.05) is 18.9 Å². The molecule has 0 spiro atoms. The quantitative estimate of drug-likeness (QED) is 0.645. The van der Waals surface area contributed by atoms with Crippen molar-refractivity contribution < 1.29 is 17.6 Å². The fourth-order valence-corrected chi connectivity index (χ4v) is 4.57. The van der Waals surface area contributed by atoms with E-state index >= 15 is 0 Å². The minimum Gasteiger partial charge on any atom is -0.354 e. The molecule has 0 unspecified atom stereocenters. The minimum atomic E-state index is -3.75. The summed E-state index contributed by atoms with van der Waals surface area (Å²) in [6.45, 7) is 1.78. The van der Waals surface area contributed by atoms with Gasteiger partial charge >= 0.3 is 0 Å². The van der Waals surface area contributed by atoms with Gasteiger partial charge in [-0.3, -0.25) is 9.78 Å². The molecular formula is C22H21FN2O3S. The highest BCUT2D eigenvalue weighted by Crippen LogP contribution is 2.28. The Morgan fingerprint density at radius 1 is 1.07 bits per heavy atom. The lowest BCUT2D eigenvalue weighted by Gasteiger charge is -2.19. The second kappa shape index (κ2) is 8.96. The molecule has 29 heavy (non-hydrogen) atoms. The molecule has 3 aromatic rings. The van der Waals surface area contributed by atoms with Crippen molar-refractivity contribution in [1.29, 1.82) is 0 Å². The summed E-state index contributed by atoms with van der Waals surface area (Å²) >= 11 is 0. The van der Waals surface area contributed by atoms with Gasteiger partial charge in [-0.2, -0.15) is 0 Å². The molecule has 0 radical (unpaired) electrons. The fraction of sp³-hybridized carbons (Fsp3) is 0.182. The van der Waals surface area contributed by atoms with E-state index in [2.05, 4.69) is 10.3 Å². The van der Waals surface area contributed by atoms with E-state index in [-0.39, 0.29) is 29.6 Å². The van der Waals surface area contributed by atoms with Crippen LogP contribution in [-0.2, 0) is 21.1 Å². The number of sulfone groups is 1. The number of nitrogens with zero attached hydrogens (tertiary/aromatic N) is 1. The van der Waals surface area contributed by atoms with E-state index in [0.717, 1.165) is 5.56 Å². The van der Waals surface area contributed by atoms with Gasteiger partial charge in [-0.15, -0.1) is 0 Å². The molecule has 1 N–H and O–H groups in total. The number of carbonyl (C=O) groups excluding carboxylic acids is 1. The van der Waals surface area contributed by atoms with Crippen LogP contribution in [0.1, 0.15) is 21.9 Å². The molecule has 7 heteroatoms. The molecule has 5 nitrogen and oxygen atoms in total. The first-order valence-electron chi connectivity index (χ1n) is 9.08. The number of halogens is 1. The largest absolute Gasteiger partial charge is 0.354 e. The van der Waals surface area contributed by atoms with Crippen molar-refractivity contribution in [3.63, 3.8) is 0 Å². The smallest absolute Gasteiger partial charge is 0.224 e.